The van der Waals surface area contributed by atoms with Gasteiger partial charge in [0.25, 0.3) is 0 Å². The van der Waals surface area contributed by atoms with E-state index in [1.165, 1.54) is 44.2 Å². The number of imidazole rings is 1. The first-order valence-corrected chi connectivity index (χ1v) is 10.6. The van der Waals surface area contributed by atoms with Crippen LogP contribution >= 0.6 is 11.8 Å². The molecule has 0 atom stereocenters. The van der Waals surface area contributed by atoms with Crippen LogP contribution in [0.1, 0.15) is 20.7 Å². The number of hydrogen-bond acceptors (Lipinski definition) is 8. The van der Waals surface area contributed by atoms with Gasteiger partial charge in [-0.05, 0) is 30.3 Å². The SMILES string of the molecule is COCCn1c(SCC(=O)Nc2cc(C(=O)OC)ccc2C(=O)OC)nc2ccccc21. The number of aromatic nitrogens is 2. The van der Waals surface area contributed by atoms with Crippen molar-refractivity contribution >= 4 is 46.3 Å². The fourth-order valence-electron chi connectivity index (χ4n) is 3.06. The van der Waals surface area contributed by atoms with Crippen LogP contribution < -0.4 is 5.32 Å². The molecule has 0 saturated heterocycles. The van der Waals surface area contributed by atoms with E-state index in [1.54, 1.807) is 7.11 Å². The van der Waals surface area contributed by atoms with Gasteiger partial charge in [0, 0.05) is 13.7 Å². The number of nitrogens with one attached hydrogen (secondary N) is 1. The Kier molecular flexibility index (Phi) is 7.85. The Bertz CT molecular complexity index is 1140. The Morgan fingerprint density at radius 1 is 1.03 bits per heavy atom. The number of hydrogen-bond donors (Lipinski definition) is 1. The Morgan fingerprint density at radius 3 is 2.50 bits per heavy atom. The fraction of sp³-hybridized carbons (Fsp3) is 0.273. The van der Waals surface area contributed by atoms with Crippen molar-refractivity contribution in [3.8, 4) is 0 Å². The van der Waals surface area contributed by atoms with Crippen LogP contribution in [0.2, 0.25) is 0 Å². The minimum Gasteiger partial charge on any atom is -0.465 e. The average molecular weight is 458 g/mol. The van der Waals surface area contributed by atoms with Crippen molar-refractivity contribution < 1.29 is 28.6 Å². The molecule has 2 aromatic carbocycles. The summed E-state index contributed by atoms with van der Waals surface area (Å²) >= 11 is 1.26. The highest BCUT2D eigenvalue weighted by molar-refractivity contribution is 7.99. The van der Waals surface area contributed by atoms with E-state index >= 15 is 0 Å². The van der Waals surface area contributed by atoms with Gasteiger partial charge in [0.1, 0.15) is 0 Å². The maximum Gasteiger partial charge on any atom is 0.339 e. The number of fused-ring (bicyclic) bond motifs is 1. The Labute approximate surface area is 189 Å². The number of anilines is 1. The third kappa shape index (κ3) is 5.27. The van der Waals surface area contributed by atoms with Crippen molar-refractivity contribution in [3.05, 3.63) is 53.6 Å². The lowest BCUT2D eigenvalue weighted by Gasteiger charge is -2.12. The Morgan fingerprint density at radius 2 is 1.78 bits per heavy atom. The van der Waals surface area contributed by atoms with Crippen LogP contribution in [0.25, 0.3) is 11.0 Å². The van der Waals surface area contributed by atoms with Crippen molar-refractivity contribution in [3.63, 3.8) is 0 Å². The molecule has 1 amide bonds. The van der Waals surface area contributed by atoms with Crippen molar-refractivity contribution in [2.24, 2.45) is 0 Å². The minimum atomic E-state index is -0.634. The lowest BCUT2D eigenvalue weighted by atomic mass is 10.1. The summed E-state index contributed by atoms with van der Waals surface area (Å²) in [6, 6.07) is 11.9. The monoisotopic (exact) mass is 457 g/mol. The molecule has 1 N–H and O–H groups in total. The zero-order valence-electron chi connectivity index (χ0n) is 17.9. The molecular formula is C22H23N3O6S. The van der Waals surface area contributed by atoms with E-state index in [4.69, 9.17) is 14.2 Å². The van der Waals surface area contributed by atoms with Crippen molar-refractivity contribution in [1.82, 2.24) is 9.55 Å². The van der Waals surface area contributed by atoms with Gasteiger partial charge in [-0.2, -0.15) is 0 Å². The van der Waals surface area contributed by atoms with Gasteiger partial charge in [0.05, 0.1) is 54.4 Å². The van der Waals surface area contributed by atoms with E-state index in [0.717, 1.165) is 11.0 Å². The molecule has 0 saturated carbocycles. The summed E-state index contributed by atoms with van der Waals surface area (Å²) in [5.41, 5.74) is 2.27. The predicted molar refractivity (Wildman–Crippen MR) is 120 cm³/mol. The van der Waals surface area contributed by atoms with Crippen molar-refractivity contribution in [2.75, 3.05) is 39.0 Å². The number of ether oxygens (including phenoxy) is 3. The molecule has 9 nitrogen and oxygen atoms in total. The van der Waals surface area contributed by atoms with E-state index in [0.29, 0.717) is 18.3 Å². The first kappa shape index (κ1) is 23.3. The lowest BCUT2D eigenvalue weighted by Crippen LogP contribution is -2.18. The third-order valence-corrected chi connectivity index (χ3v) is 5.57. The number of carbonyl (C=O) groups is 3. The Hall–Kier alpha value is -3.37. The van der Waals surface area contributed by atoms with Crippen LogP contribution in [0, 0.1) is 0 Å². The number of esters is 2. The highest BCUT2D eigenvalue weighted by Gasteiger charge is 2.18. The summed E-state index contributed by atoms with van der Waals surface area (Å²) < 4.78 is 16.7. The molecule has 0 spiro atoms. The number of rotatable bonds is 9. The summed E-state index contributed by atoms with van der Waals surface area (Å²) in [4.78, 5) is 41.2. The maximum atomic E-state index is 12.7. The number of benzene rings is 2. The molecule has 0 aliphatic rings. The molecule has 0 fully saturated rings. The molecule has 1 heterocycles. The highest BCUT2D eigenvalue weighted by atomic mass is 32.2. The molecule has 32 heavy (non-hydrogen) atoms. The van der Waals surface area contributed by atoms with Crippen LogP contribution in [0.5, 0.6) is 0 Å². The van der Waals surface area contributed by atoms with Gasteiger partial charge in [-0.25, -0.2) is 14.6 Å². The van der Waals surface area contributed by atoms with Crippen LogP contribution in [-0.2, 0) is 25.5 Å². The van der Waals surface area contributed by atoms with E-state index in [9.17, 15) is 14.4 Å². The van der Waals surface area contributed by atoms with Gasteiger partial charge in [0.2, 0.25) is 5.91 Å². The second kappa shape index (κ2) is 10.8. The molecule has 3 aromatic rings. The van der Waals surface area contributed by atoms with Gasteiger partial charge in [-0.3, -0.25) is 4.79 Å². The van der Waals surface area contributed by atoms with E-state index < -0.39 is 11.9 Å². The van der Waals surface area contributed by atoms with E-state index in [1.807, 2.05) is 28.8 Å². The number of amides is 1. The second-order valence-electron chi connectivity index (χ2n) is 6.61. The summed E-state index contributed by atoms with van der Waals surface area (Å²) in [5.74, 6) is -1.55. The van der Waals surface area contributed by atoms with Crippen molar-refractivity contribution in [1.29, 1.82) is 0 Å². The van der Waals surface area contributed by atoms with Crippen LogP contribution in [0.3, 0.4) is 0 Å². The molecule has 0 aliphatic carbocycles. The molecule has 10 heteroatoms. The van der Waals surface area contributed by atoms with Crippen LogP contribution in [-0.4, -0.2) is 61.1 Å². The smallest absolute Gasteiger partial charge is 0.339 e. The number of thioether (sulfide) groups is 1. The number of methoxy groups -OCH3 is 3. The molecule has 1 aromatic heterocycles. The topological polar surface area (TPSA) is 109 Å². The molecular weight excluding hydrogens is 434 g/mol. The van der Waals surface area contributed by atoms with E-state index in [2.05, 4.69) is 10.3 Å². The van der Waals surface area contributed by atoms with Crippen LogP contribution in [0.4, 0.5) is 5.69 Å². The number of para-hydroxylation sites is 2. The molecule has 168 valence electrons. The normalized spacial score (nSPS) is 10.7. The second-order valence-corrected chi connectivity index (χ2v) is 7.55. The maximum absolute atomic E-state index is 12.7. The van der Waals surface area contributed by atoms with Gasteiger partial charge >= 0.3 is 11.9 Å². The van der Waals surface area contributed by atoms with Crippen molar-refractivity contribution in [2.45, 2.75) is 11.7 Å². The molecule has 0 aliphatic heterocycles. The van der Waals surface area contributed by atoms with Gasteiger partial charge in [-0.15, -0.1) is 0 Å². The Balaban J connectivity index is 1.79. The highest BCUT2D eigenvalue weighted by Crippen LogP contribution is 2.25. The van der Waals surface area contributed by atoms with Gasteiger partial charge < -0.3 is 24.1 Å². The molecule has 0 radical (unpaired) electrons. The van der Waals surface area contributed by atoms with E-state index in [-0.39, 0.29) is 28.5 Å². The standard InChI is InChI=1S/C22H23N3O6S/c1-29-11-10-25-18-7-5-4-6-16(18)24-22(25)32-13-19(26)23-17-12-14(20(27)30-2)8-9-15(17)21(28)31-3/h4-9,12H,10-11,13H2,1-3H3,(H,23,26). The van der Waals surface area contributed by atoms with Crippen LogP contribution in [0.15, 0.2) is 47.6 Å². The summed E-state index contributed by atoms with van der Waals surface area (Å²) in [6.45, 7) is 1.09. The summed E-state index contributed by atoms with van der Waals surface area (Å²) in [5, 5.41) is 3.36. The largest absolute Gasteiger partial charge is 0.465 e. The van der Waals surface area contributed by atoms with Gasteiger partial charge in [-0.1, -0.05) is 23.9 Å². The fourth-order valence-corrected chi connectivity index (χ4v) is 3.90. The summed E-state index contributed by atoms with van der Waals surface area (Å²) in [7, 11) is 4.12. The zero-order chi connectivity index (χ0) is 23.1. The summed E-state index contributed by atoms with van der Waals surface area (Å²) in [6.07, 6.45) is 0. The minimum absolute atomic E-state index is 0.0410. The van der Waals surface area contributed by atoms with Gasteiger partial charge in [0.15, 0.2) is 5.16 Å². The third-order valence-electron chi connectivity index (χ3n) is 4.59. The number of nitrogens with zero attached hydrogens (tertiary/aromatic N) is 2. The number of carbonyl (C=O) groups excluding carboxylic acids is 3. The average Bonchev–Trinajstić information content (AvgIpc) is 3.17. The molecule has 0 unspecified atom stereocenters. The first-order chi connectivity index (χ1) is 15.5. The molecule has 0 bridgehead atoms. The predicted octanol–water partition coefficient (Wildman–Crippen LogP) is 2.99. The lowest BCUT2D eigenvalue weighted by molar-refractivity contribution is -0.113. The zero-order valence-corrected chi connectivity index (χ0v) is 18.7. The molecule has 3 rings (SSSR count). The first-order valence-electron chi connectivity index (χ1n) is 9.66. The quantitative estimate of drug-likeness (QED) is 0.386.